The van der Waals surface area contributed by atoms with Gasteiger partial charge in [0.15, 0.2) is 29.3 Å². The fourth-order valence-corrected chi connectivity index (χ4v) is 3.68. The van der Waals surface area contributed by atoms with Crippen molar-refractivity contribution in [2.45, 2.75) is 58.3 Å². The zero-order chi connectivity index (χ0) is 28.0. The largest absolute Gasteiger partial charge is 0.503 e. The standard InChI is InChI=1S/C25H32N2O11/c1-12(2)22(30)38-20-13(3)37-25(33)16(27-21(29)18-19(28)17(34-4)7-9-26-18)11-36-24(32)15(20)8-10-35-23(31)14-5-6-14/h7,9,12-16,20,28H,5-6,8,10-11H2,1-4H3,(H,27,29). The van der Waals surface area contributed by atoms with Crippen LogP contribution in [0.1, 0.15) is 50.5 Å². The van der Waals surface area contributed by atoms with Crippen molar-refractivity contribution in [1.29, 1.82) is 0 Å². The second-order valence-corrected chi connectivity index (χ2v) is 9.40. The minimum Gasteiger partial charge on any atom is -0.503 e. The van der Waals surface area contributed by atoms with Crippen molar-refractivity contribution in [1.82, 2.24) is 10.3 Å². The van der Waals surface area contributed by atoms with Gasteiger partial charge in [-0.25, -0.2) is 9.78 Å². The third-order valence-electron chi connectivity index (χ3n) is 6.08. The van der Waals surface area contributed by atoms with Crippen molar-refractivity contribution in [3.63, 3.8) is 0 Å². The van der Waals surface area contributed by atoms with E-state index in [9.17, 15) is 29.1 Å². The molecular weight excluding hydrogens is 504 g/mol. The lowest BCUT2D eigenvalue weighted by atomic mass is 9.94. The monoisotopic (exact) mass is 536 g/mol. The van der Waals surface area contributed by atoms with Gasteiger partial charge in [0.1, 0.15) is 18.6 Å². The van der Waals surface area contributed by atoms with Crippen LogP contribution in [0.4, 0.5) is 0 Å². The molecule has 1 aromatic heterocycles. The molecule has 1 saturated heterocycles. The molecule has 0 radical (unpaired) electrons. The van der Waals surface area contributed by atoms with Crippen molar-refractivity contribution in [3.05, 3.63) is 18.0 Å². The number of nitrogens with zero attached hydrogens (tertiary/aromatic N) is 1. The molecular formula is C25H32N2O11. The van der Waals surface area contributed by atoms with E-state index in [-0.39, 0.29) is 30.7 Å². The van der Waals surface area contributed by atoms with Crippen LogP contribution in [0.25, 0.3) is 0 Å². The molecule has 13 nitrogen and oxygen atoms in total. The Kier molecular flexibility index (Phi) is 9.48. The first-order chi connectivity index (χ1) is 18.0. The predicted molar refractivity (Wildman–Crippen MR) is 127 cm³/mol. The van der Waals surface area contributed by atoms with Crippen LogP contribution < -0.4 is 10.1 Å². The number of rotatable bonds is 9. The Morgan fingerprint density at radius 1 is 1.21 bits per heavy atom. The fourth-order valence-electron chi connectivity index (χ4n) is 3.68. The molecule has 1 aliphatic carbocycles. The molecule has 1 aliphatic heterocycles. The lowest BCUT2D eigenvalue weighted by Crippen LogP contribution is -2.46. The van der Waals surface area contributed by atoms with Crippen LogP contribution in [0.3, 0.4) is 0 Å². The van der Waals surface area contributed by atoms with Gasteiger partial charge in [-0.2, -0.15) is 0 Å². The van der Waals surface area contributed by atoms with Crippen LogP contribution in [-0.2, 0) is 38.1 Å². The summed E-state index contributed by atoms with van der Waals surface area (Å²) in [5, 5.41) is 12.5. The summed E-state index contributed by atoms with van der Waals surface area (Å²) >= 11 is 0. The Hall–Kier alpha value is -3.90. The Morgan fingerprint density at radius 2 is 1.92 bits per heavy atom. The normalized spacial score (nSPS) is 23.7. The van der Waals surface area contributed by atoms with Crippen molar-refractivity contribution >= 4 is 29.8 Å². The van der Waals surface area contributed by atoms with E-state index >= 15 is 0 Å². The van der Waals surface area contributed by atoms with Crippen LogP contribution in [0.15, 0.2) is 12.3 Å². The number of hydrogen-bond donors (Lipinski definition) is 2. The first-order valence-electron chi connectivity index (χ1n) is 12.3. The fraction of sp³-hybridized carbons (Fsp3) is 0.600. The van der Waals surface area contributed by atoms with Gasteiger partial charge in [0.25, 0.3) is 5.91 Å². The van der Waals surface area contributed by atoms with Gasteiger partial charge in [0, 0.05) is 12.3 Å². The molecule has 3 rings (SSSR count). The Labute approximate surface area is 219 Å². The Morgan fingerprint density at radius 3 is 2.55 bits per heavy atom. The number of amides is 1. The van der Waals surface area contributed by atoms with Gasteiger partial charge in [-0.15, -0.1) is 0 Å². The topological polar surface area (TPSA) is 177 Å². The third-order valence-corrected chi connectivity index (χ3v) is 6.08. The number of pyridine rings is 1. The average molecular weight is 537 g/mol. The zero-order valence-electron chi connectivity index (χ0n) is 21.6. The average Bonchev–Trinajstić information content (AvgIpc) is 3.72. The van der Waals surface area contributed by atoms with Crippen LogP contribution in [0.5, 0.6) is 11.5 Å². The highest BCUT2D eigenvalue weighted by Crippen LogP contribution is 2.31. The molecule has 1 amide bonds. The summed E-state index contributed by atoms with van der Waals surface area (Å²) in [7, 11) is 1.29. The Bertz CT molecular complexity index is 1070. The van der Waals surface area contributed by atoms with E-state index in [1.165, 1.54) is 26.3 Å². The molecule has 4 atom stereocenters. The number of carbonyl (C=O) groups excluding carboxylic acids is 5. The minimum absolute atomic E-state index is 0.0118. The molecule has 0 spiro atoms. The van der Waals surface area contributed by atoms with Crippen LogP contribution >= 0.6 is 0 Å². The van der Waals surface area contributed by atoms with E-state index in [1.807, 2.05) is 0 Å². The van der Waals surface area contributed by atoms with Gasteiger partial charge in [0.05, 0.1) is 25.6 Å². The number of esters is 4. The molecule has 0 bridgehead atoms. The summed E-state index contributed by atoms with van der Waals surface area (Å²) in [6.45, 7) is 3.90. The summed E-state index contributed by atoms with van der Waals surface area (Å²) in [6, 6.07) is -0.126. The Balaban J connectivity index is 1.78. The van der Waals surface area contributed by atoms with E-state index in [1.54, 1.807) is 13.8 Å². The maximum Gasteiger partial charge on any atom is 0.332 e. The summed E-state index contributed by atoms with van der Waals surface area (Å²) in [4.78, 5) is 66.9. The molecule has 0 aromatic carbocycles. The molecule has 4 unspecified atom stereocenters. The van der Waals surface area contributed by atoms with Gasteiger partial charge in [-0.1, -0.05) is 13.8 Å². The van der Waals surface area contributed by atoms with Crippen molar-refractivity contribution in [3.8, 4) is 11.5 Å². The maximum absolute atomic E-state index is 13.1. The van der Waals surface area contributed by atoms with Gasteiger partial charge in [-0.3, -0.25) is 19.2 Å². The van der Waals surface area contributed by atoms with Crippen LogP contribution in [-0.4, -0.2) is 78.4 Å². The first-order valence-corrected chi connectivity index (χ1v) is 12.3. The number of carbonyl (C=O) groups is 5. The second-order valence-electron chi connectivity index (χ2n) is 9.40. The highest BCUT2D eigenvalue weighted by Gasteiger charge is 2.42. The van der Waals surface area contributed by atoms with Gasteiger partial charge in [0.2, 0.25) is 0 Å². The summed E-state index contributed by atoms with van der Waals surface area (Å²) in [6.07, 6.45) is 0.325. The van der Waals surface area contributed by atoms with Crippen molar-refractivity contribution in [2.75, 3.05) is 20.3 Å². The zero-order valence-corrected chi connectivity index (χ0v) is 21.6. The van der Waals surface area contributed by atoms with Crippen molar-refractivity contribution in [2.24, 2.45) is 17.8 Å². The number of ether oxygens (including phenoxy) is 5. The number of hydrogen-bond acceptors (Lipinski definition) is 12. The van der Waals surface area contributed by atoms with Crippen molar-refractivity contribution < 1.29 is 52.8 Å². The number of methoxy groups -OCH3 is 1. The van der Waals surface area contributed by atoms with Gasteiger partial charge < -0.3 is 34.1 Å². The first kappa shape index (κ1) is 28.7. The summed E-state index contributed by atoms with van der Waals surface area (Å²) < 4.78 is 26.5. The van der Waals surface area contributed by atoms with Crippen LogP contribution in [0.2, 0.25) is 0 Å². The number of aromatic hydroxyl groups is 1. The lowest BCUT2D eigenvalue weighted by molar-refractivity contribution is -0.177. The van der Waals surface area contributed by atoms with Crippen LogP contribution in [0, 0.1) is 17.8 Å². The van der Waals surface area contributed by atoms with E-state index in [0.29, 0.717) is 0 Å². The molecule has 208 valence electrons. The molecule has 2 heterocycles. The highest BCUT2D eigenvalue weighted by atomic mass is 16.6. The lowest BCUT2D eigenvalue weighted by Gasteiger charge is -2.29. The quantitative estimate of drug-likeness (QED) is 0.337. The SMILES string of the molecule is COc1ccnc(C(=O)NC2COC(=O)C(CCOC(=O)C3CC3)C(OC(=O)C(C)C)C(C)OC2=O)c1O. The number of nitrogens with one attached hydrogen (secondary N) is 1. The predicted octanol–water partition coefficient (Wildman–Crippen LogP) is 0.910. The number of cyclic esters (lactones) is 2. The molecule has 2 N–H and O–H groups in total. The van der Waals surface area contributed by atoms with Gasteiger partial charge in [-0.05, 0) is 26.2 Å². The van der Waals surface area contributed by atoms with E-state index in [0.717, 1.165) is 12.8 Å². The molecule has 2 aliphatic rings. The summed E-state index contributed by atoms with van der Waals surface area (Å²) in [5.41, 5.74) is -0.421. The van der Waals surface area contributed by atoms with E-state index in [2.05, 4.69) is 10.3 Å². The molecule has 38 heavy (non-hydrogen) atoms. The highest BCUT2D eigenvalue weighted by molar-refractivity contribution is 5.98. The van der Waals surface area contributed by atoms with E-state index in [4.69, 9.17) is 23.7 Å². The molecule has 1 aromatic rings. The molecule has 2 fully saturated rings. The second kappa shape index (κ2) is 12.6. The maximum atomic E-state index is 13.1. The van der Waals surface area contributed by atoms with Gasteiger partial charge >= 0.3 is 23.9 Å². The number of aromatic nitrogens is 1. The smallest absolute Gasteiger partial charge is 0.332 e. The third kappa shape index (κ3) is 7.11. The summed E-state index contributed by atoms with van der Waals surface area (Å²) in [5.74, 6) is -6.09. The molecule has 1 saturated carbocycles. The minimum atomic E-state index is -1.46. The van der Waals surface area contributed by atoms with E-state index < -0.39 is 72.0 Å². The molecule has 13 heteroatoms.